The van der Waals surface area contributed by atoms with Gasteiger partial charge in [0, 0.05) is 38.2 Å². The van der Waals surface area contributed by atoms with E-state index in [1.54, 1.807) is 17.4 Å². The fourth-order valence-electron chi connectivity index (χ4n) is 6.34. The van der Waals surface area contributed by atoms with E-state index in [1.165, 1.54) is 16.7 Å². The third kappa shape index (κ3) is 3.56. The van der Waals surface area contributed by atoms with Crippen LogP contribution in [0.3, 0.4) is 0 Å². The van der Waals surface area contributed by atoms with Gasteiger partial charge in [-0.3, -0.25) is 9.59 Å². The molecule has 5 aromatic rings. The molecule has 0 radical (unpaired) electrons. The summed E-state index contributed by atoms with van der Waals surface area (Å²) in [5.74, 6) is -0.385. The van der Waals surface area contributed by atoms with E-state index in [9.17, 15) is 9.59 Å². The molecule has 1 aromatic heterocycles. The lowest BCUT2D eigenvalue weighted by molar-refractivity contribution is 0.0990. The average Bonchev–Trinajstić information content (AvgIpc) is 3.52. The predicted octanol–water partition coefficient (Wildman–Crippen LogP) is 9.07. The van der Waals surface area contributed by atoms with E-state index in [2.05, 4.69) is 86.9 Å². The topological polar surface area (TPSA) is 46.2 Å². The second kappa shape index (κ2) is 8.61. The van der Waals surface area contributed by atoms with Crippen LogP contribution in [0.4, 0.5) is 11.4 Å². The predicted molar refractivity (Wildman–Crippen MR) is 165 cm³/mol. The van der Waals surface area contributed by atoms with E-state index >= 15 is 0 Å². The molecule has 4 heteroatoms. The molecule has 1 N–H and O–H groups in total. The lowest BCUT2D eigenvalue weighted by atomic mass is 9.70. The van der Waals surface area contributed by atoms with Gasteiger partial charge in [0.1, 0.15) is 0 Å². The van der Waals surface area contributed by atoms with Crippen LogP contribution < -0.4 is 5.32 Å². The van der Waals surface area contributed by atoms with Gasteiger partial charge in [-0.25, -0.2) is 0 Å². The first-order valence-corrected chi connectivity index (χ1v) is 14.5. The molecule has 2 aliphatic rings. The Morgan fingerprint density at radius 1 is 0.775 bits per heavy atom. The molecule has 0 spiro atoms. The maximum atomic E-state index is 13.3. The van der Waals surface area contributed by atoms with E-state index in [-0.39, 0.29) is 28.0 Å². The van der Waals surface area contributed by atoms with Crippen molar-refractivity contribution in [1.82, 2.24) is 0 Å². The number of ketones is 2. The summed E-state index contributed by atoms with van der Waals surface area (Å²) in [5.41, 5.74) is 8.05. The second-order valence-electron chi connectivity index (χ2n) is 11.8. The van der Waals surface area contributed by atoms with Crippen molar-refractivity contribution in [1.29, 1.82) is 0 Å². The first-order chi connectivity index (χ1) is 19.2. The van der Waals surface area contributed by atoms with Crippen LogP contribution in [0.2, 0.25) is 0 Å². The minimum Gasteiger partial charge on any atom is -0.355 e. The number of para-hydroxylation sites is 2. The van der Waals surface area contributed by atoms with Gasteiger partial charge in [-0.1, -0.05) is 88.4 Å². The van der Waals surface area contributed by atoms with Crippen molar-refractivity contribution in [2.45, 2.75) is 38.5 Å². The summed E-state index contributed by atoms with van der Waals surface area (Å²) in [6.45, 7) is 9.05. The van der Waals surface area contributed by atoms with E-state index in [0.29, 0.717) is 11.1 Å². The van der Waals surface area contributed by atoms with Crippen LogP contribution in [0.25, 0.3) is 16.8 Å². The first-order valence-electron chi connectivity index (χ1n) is 13.6. The monoisotopic (exact) mass is 539 g/mol. The van der Waals surface area contributed by atoms with Gasteiger partial charge in [0.15, 0.2) is 11.6 Å². The Labute approximate surface area is 238 Å². The highest BCUT2D eigenvalue weighted by Crippen LogP contribution is 2.50. The van der Waals surface area contributed by atoms with Crippen molar-refractivity contribution >= 4 is 51.1 Å². The molecule has 2 heterocycles. The SMILES string of the molecule is CC(C)(c1csc(C=C2C(=O)c3cc4ccccc4cc3C2=O)c1)c1cccc2c1Nc1ccccc1C2(C)C. The number of hydrogen-bond acceptors (Lipinski definition) is 4. The van der Waals surface area contributed by atoms with Gasteiger partial charge in [-0.15, -0.1) is 11.3 Å². The molecule has 3 nitrogen and oxygen atoms in total. The van der Waals surface area contributed by atoms with Gasteiger partial charge < -0.3 is 5.32 Å². The molecule has 1 aliphatic heterocycles. The van der Waals surface area contributed by atoms with E-state index in [1.807, 2.05) is 36.4 Å². The molecule has 0 unspecified atom stereocenters. The number of Topliss-reactive ketones (excluding diaryl/α,β-unsaturated/α-hetero) is 2. The van der Waals surface area contributed by atoms with Gasteiger partial charge in [-0.05, 0) is 68.7 Å². The molecule has 196 valence electrons. The Morgan fingerprint density at radius 3 is 2.10 bits per heavy atom. The Bertz CT molecular complexity index is 1860. The Hall–Kier alpha value is -4.28. The number of benzene rings is 4. The molecular formula is C36H29NO2S. The molecule has 0 saturated carbocycles. The van der Waals surface area contributed by atoms with Crippen LogP contribution in [-0.4, -0.2) is 11.6 Å². The fourth-order valence-corrected chi connectivity index (χ4v) is 7.35. The van der Waals surface area contributed by atoms with Gasteiger partial charge in [0.25, 0.3) is 0 Å². The number of carbonyl (C=O) groups excluding carboxylic acids is 2. The smallest absolute Gasteiger partial charge is 0.197 e. The van der Waals surface area contributed by atoms with E-state index in [0.717, 1.165) is 32.6 Å². The maximum absolute atomic E-state index is 13.3. The van der Waals surface area contributed by atoms with Crippen molar-refractivity contribution in [2.75, 3.05) is 5.32 Å². The van der Waals surface area contributed by atoms with Crippen LogP contribution in [0.1, 0.15) is 75.5 Å². The van der Waals surface area contributed by atoms with Crippen LogP contribution in [0, 0.1) is 0 Å². The van der Waals surface area contributed by atoms with Crippen LogP contribution >= 0.6 is 11.3 Å². The number of anilines is 2. The van der Waals surface area contributed by atoms with E-state index < -0.39 is 0 Å². The maximum Gasteiger partial charge on any atom is 0.197 e. The summed E-state index contributed by atoms with van der Waals surface area (Å²) in [6.07, 6.45) is 1.78. The lowest BCUT2D eigenvalue weighted by Gasteiger charge is -2.39. The number of carbonyl (C=O) groups is 2. The summed E-state index contributed by atoms with van der Waals surface area (Å²) in [6, 6.07) is 28.8. The van der Waals surface area contributed by atoms with Gasteiger partial charge in [0.2, 0.25) is 0 Å². The minimum atomic E-state index is -0.307. The molecule has 0 atom stereocenters. The molecule has 40 heavy (non-hydrogen) atoms. The van der Waals surface area contributed by atoms with Crippen molar-refractivity contribution in [3.05, 3.63) is 134 Å². The molecule has 0 amide bonds. The van der Waals surface area contributed by atoms with Crippen molar-refractivity contribution in [3.63, 3.8) is 0 Å². The number of rotatable bonds is 3. The van der Waals surface area contributed by atoms with Gasteiger partial charge in [-0.2, -0.15) is 0 Å². The average molecular weight is 540 g/mol. The Balaban J connectivity index is 1.26. The number of thiophene rings is 1. The Kier molecular flexibility index (Phi) is 5.32. The second-order valence-corrected chi connectivity index (χ2v) is 12.8. The number of hydrogen-bond donors (Lipinski definition) is 1. The highest BCUT2D eigenvalue weighted by atomic mass is 32.1. The summed E-state index contributed by atoms with van der Waals surface area (Å²) < 4.78 is 0. The summed E-state index contributed by atoms with van der Waals surface area (Å²) >= 11 is 1.57. The minimum absolute atomic E-state index is 0.128. The normalized spacial score (nSPS) is 15.4. The molecule has 1 aliphatic carbocycles. The third-order valence-corrected chi connectivity index (χ3v) is 9.64. The molecule has 0 fully saturated rings. The highest BCUT2D eigenvalue weighted by molar-refractivity contribution is 7.11. The molecule has 4 aromatic carbocycles. The summed E-state index contributed by atoms with van der Waals surface area (Å²) in [5, 5.41) is 7.83. The standard InChI is InChI=1S/C36H29NO2S/c1-35(2,29-13-9-14-30-32(29)37-31-15-8-7-12-28(31)36(30,3)4)23-18-24(40-20-23)19-27-33(38)25-16-21-10-5-6-11-22(21)17-26(25)34(27)39/h5-20,37H,1-4H3. The fraction of sp³-hybridized carbons (Fsp3) is 0.167. The third-order valence-electron chi connectivity index (χ3n) is 8.76. The number of allylic oxidation sites excluding steroid dienone is 1. The summed E-state index contributed by atoms with van der Waals surface area (Å²) in [7, 11) is 0. The zero-order valence-electron chi connectivity index (χ0n) is 23.0. The highest BCUT2D eigenvalue weighted by Gasteiger charge is 2.37. The van der Waals surface area contributed by atoms with Crippen LogP contribution in [0.15, 0.2) is 95.9 Å². The summed E-state index contributed by atoms with van der Waals surface area (Å²) in [4.78, 5) is 27.5. The van der Waals surface area contributed by atoms with Gasteiger partial charge in [0.05, 0.1) is 5.57 Å². The van der Waals surface area contributed by atoms with Crippen molar-refractivity contribution in [2.24, 2.45) is 0 Å². The number of fused-ring (bicyclic) bond motifs is 4. The molecule has 0 saturated heterocycles. The Morgan fingerprint density at radius 2 is 1.40 bits per heavy atom. The zero-order chi connectivity index (χ0) is 27.8. The number of nitrogens with one attached hydrogen (secondary N) is 1. The zero-order valence-corrected chi connectivity index (χ0v) is 23.8. The largest absolute Gasteiger partial charge is 0.355 e. The van der Waals surface area contributed by atoms with Crippen LogP contribution in [0.5, 0.6) is 0 Å². The quantitative estimate of drug-likeness (QED) is 0.184. The van der Waals surface area contributed by atoms with Crippen molar-refractivity contribution in [3.8, 4) is 0 Å². The molecule has 7 rings (SSSR count). The van der Waals surface area contributed by atoms with Crippen LogP contribution in [-0.2, 0) is 10.8 Å². The molecular weight excluding hydrogens is 510 g/mol. The molecule has 0 bridgehead atoms. The van der Waals surface area contributed by atoms with E-state index in [4.69, 9.17) is 0 Å². The van der Waals surface area contributed by atoms with Gasteiger partial charge >= 0.3 is 0 Å². The van der Waals surface area contributed by atoms with Crippen molar-refractivity contribution < 1.29 is 9.59 Å². The lowest BCUT2D eigenvalue weighted by Crippen LogP contribution is -2.29. The first kappa shape index (κ1) is 24.7.